The van der Waals surface area contributed by atoms with Gasteiger partial charge in [-0.25, -0.2) is 0 Å². The topological polar surface area (TPSA) is 33.3 Å². The Kier molecular flexibility index (Phi) is 2.81. The zero-order valence-corrected chi connectivity index (χ0v) is 10.3. The van der Waals surface area contributed by atoms with Gasteiger partial charge in [0, 0.05) is 30.1 Å². The molecule has 2 aliphatic rings. The first-order chi connectivity index (χ1) is 8.27. The van der Waals surface area contributed by atoms with Crippen LogP contribution in [0.4, 0.5) is 0 Å². The molecule has 1 aromatic carbocycles. The zero-order valence-electron chi connectivity index (χ0n) is 10.3. The van der Waals surface area contributed by atoms with E-state index in [1.165, 1.54) is 12.0 Å². The van der Waals surface area contributed by atoms with Crippen LogP contribution in [0.3, 0.4) is 0 Å². The van der Waals surface area contributed by atoms with E-state index >= 15 is 0 Å². The van der Waals surface area contributed by atoms with Crippen LogP contribution in [0.15, 0.2) is 24.3 Å². The molecule has 2 N–H and O–H groups in total. The van der Waals surface area contributed by atoms with E-state index in [0.29, 0.717) is 5.92 Å². The summed E-state index contributed by atoms with van der Waals surface area (Å²) < 4.78 is 5.70. The zero-order chi connectivity index (χ0) is 11.7. The second-order valence-corrected chi connectivity index (χ2v) is 5.41. The molecule has 1 saturated heterocycles. The van der Waals surface area contributed by atoms with Crippen LogP contribution in [0.5, 0.6) is 5.75 Å². The lowest BCUT2D eigenvalue weighted by Crippen LogP contribution is -2.46. The van der Waals surface area contributed by atoms with Crippen molar-refractivity contribution in [3.05, 3.63) is 29.8 Å². The van der Waals surface area contributed by atoms with Gasteiger partial charge in [-0.05, 0) is 26.0 Å². The molecular weight excluding hydrogens is 212 g/mol. The van der Waals surface area contributed by atoms with E-state index in [-0.39, 0.29) is 5.54 Å². The highest BCUT2D eigenvalue weighted by Gasteiger charge is 2.30. The quantitative estimate of drug-likeness (QED) is 0.828. The maximum atomic E-state index is 5.70. The van der Waals surface area contributed by atoms with Crippen LogP contribution in [-0.2, 0) is 0 Å². The van der Waals surface area contributed by atoms with E-state index in [0.717, 1.165) is 32.0 Å². The average molecular weight is 232 g/mol. The molecule has 0 amide bonds. The van der Waals surface area contributed by atoms with Gasteiger partial charge < -0.3 is 15.4 Å². The smallest absolute Gasteiger partial charge is 0.122 e. The van der Waals surface area contributed by atoms with E-state index in [1.54, 1.807) is 0 Å². The lowest BCUT2D eigenvalue weighted by Gasteiger charge is -2.26. The summed E-state index contributed by atoms with van der Waals surface area (Å²) in [5.74, 6) is 1.57. The Labute approximate surface area is 103 Å². The first kappa shape index (κ1) is 11.1. The summed E-state index contributed by atoms with van der Waals surface area (Å²) in [7, 11) is 0. The van der Waals surface area contributed by atoms with Gasteiger partial charge in [0.2, 0.25) is 0 Å². The minimum atomic E-state index is 0.261. The van der Waals surface area contributed by atoms with Crippen LogP contribution < -0.4 is 15.4 Å². The maximum absolute atomic E-state index is 5.70. The van der Waals surface area contributed by atoms with Gasteiger partial charge in [-0.3, -0.25) is 0 Å². The molecule has 2 aliphatic heterocycles. The Balaban J connectivity index is 1.64. The Hall–Kier alpha value is -1.06. The predicted octanol–water partition coefficient (Wildman–Crippen LogP) is 1.50. The van der Waals surface area contributed by atoms with Crippen LogP contribution in [0, 0.1) is 0 Å². The third-order valence-corrected chi connectivity index (χ3v) is 3.94. The fraction of sp³-hybridized carbons (Fsp3) is 0.571. The van der Waals surface area contributed by atoms with Crippen LogP contribution in [0.25, 0.3) is 0 Å². The summed E-state index contributed by atoms with van der Waals surface area (Å²) in [5.41, 5.74) is 1.62. The molecule has 1 fully saturated rings. The van der Waals surface area contributed by atoms with E-state index < -0.39 is 0 Å². The standard InChI is InChI=1S/C14H20N2O/c1-14(6-7-15-10-14)16-8-11-9-17-13-5-3-2-4-12(11)13/h2-5,11,15-16H,6-10H2,1H3. The molecule has 0 aliphatic carbocycles. The van der Waals surface area contributed by atoms with Gasteiger partial charge in [0.15, 0.2) is 0 Å². The van der Waals surface area contributed by atoms with Gasteiger partial charge in [-0.2, -0.15) is 0 Å². The van der Waals surface area contributed by atoms with Gasteiger partial charge in [0.1, 0.15) is 5.75 Å². The summed E-state index contributed by atoms with van der Waals surface area (Å²) >= 11 is 0. The molecule has 2 atom stereocenters. The Morgan fingerprint density at radius 1 is 1.47 bits per heavy atom. The van der Waals surface area contributed by atoms with Crippen molar-refractivity contribution in [1.29, 1.82) is 0 Å². The number of benzene rings is 1. The number of ether oxygens (including phenoxy) is 1. The van der Waals surface area contributed by atoms with Gasteiger partial charge in [-0.1, -0.05) is 18.2 Å². The minimum Gasteiger partial charge on any atom is -0.493 e. The second-order valence-electron chi connectivity index (χ2n) is 5.41. The fourth-order valence-electron chi connectivity index (χ4n) is 2.74. The number of para-hydroxylation sites is 1. The Morgan fingerprint density at radius 3 is 3.18 bits per heavy atom. The summed E-state index contributed by atoms with van der Waals surface area (Å²) in [6, 6.07) is 8.38. The molecule has 1 aromatic rings. The van der Waals surface area contributed by atoms with Crippen molar-refractivity contribution >= 4 is 0 Å². The minimum absolute atomic E-state index is 0.261. The third-order valence-electron chi connectivity index (χ3n) is 3.94. The molecule has 0 radical (unpaired) electrons. The SMILES string of the molecule is CC1(NCC2COc3ccccc32)CCNC1. The molecule has 3 heteroatoms. The van der Waals surface area contributed by atoms with Crippen LogP contribution >= 0.6 is 0 Å². The second kappa shape index (κ2) is 4.31. The van der Waals surface area contributed by atoms with Crippen molar-refractivity contribution < 1.29 is 4.74 Å². The highest BCUT2D eigenvalue weighted by atomic mass is 16.5. The molecular formula is C14H20N2O. The van der Waals surface area contributed by atoms with Gasteiger partial charge in [-0.15, -0.1) is 0 Å². The summed E-state index contributed by atoms with van der Waals surface area (Å²) in [5, 5.41) is 7.11. The number of rotatable bonds is 3. The summed E-state index contributed by atoms with van der Waals surface area (Å²) in [4.78, 5) is 0. The third kappa shape index (κ3) is 2.17. The molecule has 0 bridgehead atoms. The van der Waals surface area contributed by atoms with Crippen molar-refractivity contribution in [2.24, 2.45) is 0 Å². The highest BCUT2D eigenvalue weighted by molar-refractivity contribution is 5.39. The van der Waals surface area contributed by atoms with E-state index in [9.17, 15) is 0 Å². The van der Waals surface area contributed by atoms with Gasteiger partial charge >= 0.3 is 0 Å². The molecule has 0 spiro atoms. The monoisotopic (exact) mass is 232 g/mol. The van der Waals surface area contributed by atoms with Crippen molar-refractivity contribution in [2.75, 3.05) is 26.2 Å². The average Bonchev–Trinajstić information content (AvgIpc) is 2.94. The number of hydrogen-bond acceptors (Lipinski definition) is 3. The molecule has 17 heavy (non-hydrogen) atoms. The molecule has 3 rings (SSSR count). The van der Waals surface area contributed by atoms with Gasteiger partial charge in [0.05, 0.1) is 6.61 Å². The van der Waals surface area contributed by atoms with Gasteiger partial charge in [0.25, 0.3) is 0 Å². The highest BCUT2D eigenvalue weighted by Crippen LogP contribution is 2.33. The summed E-state index contributed by atoms with van der Waals surface area (Å²) in [6.45, 7) is 6.32. The van der Waals surface area contributed by atoms with Crippen LogP contribution in [-0.4, -0.2) is 31.8 Å². The van der Waals surface area contributed by atoms with Crippen LogP contribution in [0.1, 0.15) is 24.8 Å². The van der Waals surface area contributed by atoms with Crippen molar-refractivity contribution in [1.82, 2.24) is 10.6 Å². The van der Waals surface area contributed by atoms with E-state index in [2.05, 4.69) is 35.8 Å². The molecule has 0 saturated carbocycles. The Bertz CT molecular complexity index is 399. The summed E-state index contributed by atoms with van der Waals surface area (Å²) in [6.07, 6.45) is 1.21. The number of fused-ring (bicyclic) bond motifs is 1. The first-order valence-corrected chi connectivity index (χ1v) is 6.44. The molecule has 92 valence electrons. The Morgan fingerprint density at radius 2 is 2.35 bits per heavy atom. The van der Waals surface area contributed by atoms with Crippen molar-refractivity contribution in [3.63, 3.8) is 0 Å². The van der Waals surface area contributed by atoms with E-state index in [1.807, 2.05) is 6.07 Å². The molecule has 0 aromatic heterocycles. The largest absolute Gasteiger partial charge is 0.493 e. The number of hydrogen-bond donors (Lipinski definition) is 2. The fourth-order valence-corrected chi connectivity index (χ4v) is 2.74. The lowest BCUT2D eigenvalue weighted by atomic mass is 9.97. The van der Waals surface area contributed by atoms with Crippen LogP contribution in [0.2, 0.25) is 0 Å². The molecule has 3 nitrogen and oxygen atoms in total. The molecule has 2 unspecified atom stereocenters. The first-order valence-electron chi connectivity index (χ1n) is 6.44. The normalized spacial score (nSPS) is 31.2. The predicted molar refractivity (Wildman–Crippen MR) is 68.6 cm³/mol. The van der Waals surface area contributed by atoms with Crippen molar-refractivity contribution in [3.8, 4) is 5.75 Å². The van der Waals surface area contributed by atoms with E-state index in [4.69, 9.17) is 4.74 Å². The number of nitrogens with one attached hydrogen (secondary N) is 2. The lowest BCUT2D eigenvalue weighted by molar-refractivity contribution is 0.306. The molecule has 2 heterocycles. The maximum Gasteiger partial charge on any atom is 0.122 e. The van der Waals surface area contributed by atoms with Crippen molar-refractivity contribution in [2.45, 2.75) is 24.8 Å².